The summed E-state index contributed by atoms with van der Waals surface area (Å²) in [5.41, 5.74) is 1.29. The second kappa shape index (κ2) is 6.44. The molecule has 1 aliphatic rings. The number of benzene rings is 1. The fraction of sp³-hybridized carbons (Fsp3) is 0.562. The van der Waals surface area contributed by atoms with Crippen LogP contribution < -0.4 is 10.6 Å². The van der Waals surface area contributed by atoms with E-state index in [0.717, 1.165) is 24.1 Å². The van der Waals surface area contributed by atoms with Crippen LogP contribution in [0.25, 0.3) is 0 Å². The molecule has 22 heavy (non-hydrogen) atoms. The Labute approximate surface area is 138 Å². The Balaban J connectivity index is 1.80. The van der Waals surface area contributed by atoms with Gasteiger partial charge in [-0.3, -0.25) is 0 Å². The minimum absolute atomic E-state index is 0.105. The SMILES string of the molecule is Cc1cc(Br)c(F)cc1NC1CC(NC(=O)OC(C)(C)C)C1. The monoisotopic (exact) mass is 372 g/mol. The van der Waals surface area contributed by atoms with E-state index in [1.54, 1.807) is 6.07 Å². The first-order chi connectivity index (χ1) is 10.1. The Bertz CT molecular complexity index is 566. The van der Waals surface area contributed by atoms with E-state index < -0.39 is 5.60 Å². The van der Waals surface area contributed by atoms with Crippen molar-refractivity contribution in [2.24, 2.45) is 0 Å². The van der Waals surface area contributed by atoms with Crippen molar-refractivity contribution < 1.29 is 13.9 Å². The number of carbonyl (C=O) groups is 1. The molecule has 6 heteroatoms. The van der Waals surface area contributed by atoms with Gasteiger partial charge in [0.15, 0.2) is 0 Å². The van der Waals surface area contributed by atoms with Crippen LogP contribution in [-0.4, -0.2) is 23.8 Å². The zero-order valence-electron chi connectivity index (χ0n) is 13.3. The van der Waals surface area contributed by atoms with Crippen LogP contribution in [0.1, 0.15) is 39.2 Å². The van der Waals surface area contributed by atoms with Crippen LogP contribution in [0.5, 0.6) is 0 Å². The van der Waals surface area contributed by atoms with Gasteiger partial charge in [0, 0.05) is 17.8 Å². The minimum Gasteiger partial charge on any atom is -0.444 e. The first-order valence-electron chi connectivity index (χ1n) is 7.36. The minimum atomic E-state index is -0.489. The predicted octanol–water partition coefficient (Wildman–Crippen LogP) is 4.36. The van der Waals surface area contributed by atoms with Crippen LogP contribution in [0.3, 0.4) is 0 Å². The molecule has 0 radical (unpaired) electrons. The van der Waals surface area contributed by atoms with Gasteiger partial charge in [0.05, 0.1) is 4.47 Å². The third-order valence-corrected chi connectivity index (χ3v) is 4.09. The fourth-order valence-corrected chi connectivity index (χ4v) is 2.81. The Morgan fingerprint density at radius 2 is 1.95 bits per heavy atom. The molecule has 2 N–H and O–H groups in total. The molecule has 4 nitrogen and oxygen atoms in total. The quantitative estimate of drug-likeness (QED) is 0.828. The molecule has 0 aromatic heterocycles. The average molecular weight is 373 g/mol. The number of ether oxygens (including phenoxy) is 1. The molecule has 0 saturated heterocycles. The number of rotatable bonds is 3. The number of aryl methyl sites for hydroxylation is 1. The number of amides is 1. The van der Waals surface area contributed by atoms with Gasteiger partial charge in [0.2, 0.25) is 0 Å². The van der Waals surface area contributed by atoms with Gasteiger partial charge in [0.25, 0.3) is 0 Å². The molecule has 0 unspecified atom stereocenters. The number of halogens is 2. The summed E-state index contributed by atoms with van der Waals surface area (Å²) in [6, 6.07) is 3.59. The lowest BCUT2D eigenvalue weighted by Gasteiger charge is -2.37. The highest BCUT2D eigenvalue weighted by molar-refractivity contribution is 9.10. The largest absolute Gasteiger partial charge is 0.444 e. The second-order valence-electron chi connectivity index (χ2n) is 6.74. The van der Waals surface area contributed by atoms with Crippen LogP contribution >= 0.6 is 15.9 Å². The lowest BCUT2D eigenvalue weighted by Crippen LogP contribution is -2.50. The summed E-state index contributed by atoms with van der Waals surface area (Å²) in [5.74, 6) is -0.282. The van der Waals surface area contributed by atoms with E-state index in [2.05, 4.69) is 26.6 Å². The molecule has 0 aliphatic heterocycles. The van der Waals surface area contributed by atoms with E-state index in [1.807, 2.05) is 27.7 Å². The van der Waals surface area contributed by atoms with Gasteiger partial charge in [-0.05, 0) is 74.2 Å². The van der Waals surface area contributed by atoms with Crippen molar-refractivity contribution in [3.63, 3.8) is 0 Å². The normalized spacial score (nSPS) is 21.0. The fourth-order valence-electron chi connectivity index (χ4n) is 2.35. The van der Waals surface area contributed by atoms with Crippen molar-refractivity contribution >= 4 is 27.7 Å². The molecular formula is C16H22BrFN2O2. The maximum absolute atomic E-state index is 13.6. The third-order valence-electron chi connectivity index (χ3n) is 3.49. The van der Waals surface area contributed by atoms with Crippen LogP contribution in [-0.2, 0) is 4.74 Å². The molecule has 1 aromatic rings. The summed E-state index contributed by atoms with van der Waals surface area (Å²) in [6.45, 7) is 7.44. The van der Waals surface area contributed by atoms with Gasteiger partial charge < -0.3 is 15.4 Å². The number of carbonyl (C=O) groups excluding carboxylic acids is 1. The summed E-state index contributed by atoms with van der Waals surface area (Å²) in [5, 5.41) is 6.15. The summed E-state index contributed by atoms with van der Waals surface area (Å²) in [6.07, 6.45) is 1.22. The molecule has 1 fully saturated rings. The number of anilines is 1. The van der Waals surface area contributed by atoms with Crippen LogP contribution in [0.15, 0.2) is 16.6 Å². The van der Waals surface area contributed by atoms with Crippen molar-refractivity contribution in [1.82, 2.24) is 5.32 Å². The number of nitrogens with one attached hydrogen (secondary N) is 2. The highest BCUT2D eigenvalue weighted by atomic mass is 79.9. The van der Waals surface area contributed by atoms with Gasteiger partial charge in [0.1, 0.15) is 11.4 Å². The topological polar surface area (TPSA) is 50.4 Å². The number of alkyl carbamates (subject to hydrolysis) is 1. The Hall–Kier alpha value is -1.30. The van der Waals surface area contributed by atoms with E-state index in [4.69, 9.17) is 4.74 Å². The molecule has 0 bridgehead atoms. The summed E-state index contributed by atoms with van der Waals surface area (Å²) in [7, 11) is 0. The van der Waals surface area contributed by atoms with Crippen LogP contribution in [0.2, 0.25) is 0 Å². The maximum atomic E-state index is 13.6. The Kier molecular flexibility index (Phi) is 5.00. The highest BCUT2D eigenvalue weighted by Crippen LogP contribution is 2.29. The number of hydrogen-bond donors (Lipinski definition) is 2. The summed E-state index contributed by atoms with van der Waals surface area (Å²) >= 11 is 3.17. The predicted molar refractivity (Wildman–Crippen MR) is 88.6 cm³/mol. The molecule has 1 amide bonds. The smallest absolute Gasteiger partial charge is 0.407 e. The van der Waals surface area contributed by atoms with E-state index in [9.17, 15) is 9.18 Å². The Morgan fingerprint density at radius 3 is 2.55 bits per heavy atom. The lowest BCUT2D eigenvalue weighted by atomic mass is 9.86. The highest BCUT2D eigenvalue weighted by Gasteiger charge is 2.31. The third kappa shape index (κ3) is 4.60. The van der Waals surface area contributed by atoms with Crippen molar-refractivity contribution in [1.29, 1.82) is 0 Å². The van der Waals surface area contributed by atoms with Gasteiger partial charge in [-0.25, -0.2) is 9.18 Å². The average Bonchev–Trinajstić information content (AvgIpc) is 2.30. The van der Waals surface area contributed by atoms with E-state index >= 15 is 0 Å². The first-order valence-corrected chi connectivity index (χ1v) is 8.15. The van der Waals surface area contributed by atoms with E-state index in [0.29, 0.717) is 4.47 Å². The first kappa shape index (κ1) is 17.1. The molecule has 0 heterocycles. The van der Waals surface area contributed by atoms with Gasteiger partial charge in [-0.2, -0.15) is 0 Å². The van der Waals surface area contributed by atoms with Crippen LogP contribution in [0.4, 0.5) is 14.9 Å². The van der Waals surface area contributed by atoms with Crippen molar-refractivity contribution in [3.05, 3.63) is 28.0 Å². The van der Waals surface area contributed by atoms with Gasteiger partial charge in [-0.15, -0.1) is 0 Å². The Morgan fingerprint density at radius 1 is 1.32 bits per heavy atom. The molecule has 0 atom stereocenters. The summed E-state index contributed by atoms with van der Waals surface area (Å²) in [4.78, 5) is 11.7. The van der Waals surface area contributed by atoms with Crippen molar-refractivity contribution in [3.8, 4) is 0 Å². The van der Waals surface area contributed by atoms with Gasteiger partial charge in [-0.1, -0.05) is 0 Å². The van der Waals surface area contributed by atoms with Gasteiger partial charge >= 0.3 is 6.09 Å². The number of hydrogen-bond acceptors (Lipinski definition) is 3. The maximum Gasteiger partial charge on any atom is 0.407 e. The molecule has 122 valence electrons. The standard InChI is InChI=1S/C16H22BrFN2O2/c1-9-5-12(17)13(18)8-14(9)19-10-6-11(7-10)20-15(21)22-16(2,3)4/h5,8,10-11,19H,6-7H2,1-4H3,(H,20,21). The second-order valence-corrected chi connectivity index (χ2v) is 7.59. The molecular weight excluding hydrogens is 351 g/mol. The summed E-state index contributed by atoms with van der Waals surface area (Å²) < 4.78 is 19.3. The molecule has 0 spiro atoms. The zero-order chi connectivity index (χ0) is 16.5. The molecule has 2 rings (SSSR count). The van der Waals surface area contributed by atoms with Crippen LogP contribution in [0, 0.1) is 12.7 Å². The van der Waals surface area contributed by atoms with E-state index in [-0.39, 0.29) is 24.0 Å². The zero-order valence-corrected chi connectivity index (χ0v) is 14.9. The lowest BCUT2D eigenvalue weighted by molar-refractivity contribution is 0.0475. The molecule has 1 aliphatic carbocycles. The van der Waals surface area contributed by atoms with E-state index in [1.165, 1.54) is 6.07 Å². The molecule has 1 aromatic carbocycles. The molecule has 1 saturated carbocycles. The van der Waals surface area contributed by atoms with Crippen molar-refractivity contribution in [2.45, 2.75) is 58.2 Å². The van der Waals surface area contributed by atoms with Crippen molar-refractivity contribution in [2.75, 3.05) is 5.32 Å².